The molecular weight excluding hydrogens is 332 g/mol. The largest absolute Gasteiger partial charge is 0.326 e. The zero-order valence-electron chi connectivity index (χ0n) is 11.1. The third-order valence-corrected chi connectivity index (χ3v) is 3.90. The second kappa shape index (κ2) is 5.69. The Balaban J connectivity index is 1.72. The van der Waals surface area contributed by atoms with Crippen LogP contribution in [0.3, 0.4) is 0 Å². The Kier molecular flexibility index (Phi) is 3.75. The van der Waals surface area contributed by atoms with Gasteiger partial charge in [-0.2, -0.15) is 0 Å². The number of amides is 2. The van der Waals surface area contributed by atoms with Crippen molar-refractivity contribution in [1.29, 1.82) is 0 Å². The average Bonchev–Trinajstić information content (AvgIpc) is 2.75. The molecule has 106 valence electrons. The maximum absolute atomic E-state index is 12.1. The molecule has 1 aliphatic rings. The van der Waals surface area contributed by atoms with Crippen LogP contribution in [0.4, 0.5) is 11.4 Å². The number of halogens is 1. The van der Waals surface area contributed by atoms with Crippen LogP contribution in [0.15, 0.2) is 53.0 Å². The van der Waals surface area contributed by atoms with Crippen LogP contribution in [-0.4, -0.2) is 11.8 Å². The number of hydrogen-bond donors (Lipinski definition) is 2. The van der Waals surface area contributed by atoms with Crippen LogP contribution in [0.1, 0.15) is 17.9 Å². The van der Waals surface area contributed by atoms with Crippen molar-refractivity contribution in [2.24, 2.45) is 0 Å². The first-order chi connectivity index (χ1) is 10.1. The number of para-hydroxylation sites is 1. The predicted octanol–water partition coefficient (Wildman–Crippen LogP) is 3.51. The Hall–Kier alpha value is -2.14. The van der Waals surface area contributed by atoms with Crippen LogP contribution in [0, 0.1) is 0 Å². The molecule has 0 fully saturated rings. The van der Waals surface area contributed by atoms with Gasteiger partial charge in [-0.05, 0) is 29.8 Å². The molecule has 4 nitrogen and oxygen atoms in total. The van der Waals surface area contributed by atoms with Crippen LogP contribution in [0.5, 0.6) is 0 Å². The molecule has 1 aliphatic heterocycles. The summed E-state index contributed by atoms with van der Waals surface area (Å²) in [5.41, 5.74) is 2.38. The highest BCUT2D eigenvalue weighted by molar-refractivity contribution is 9.10. The van der Waals surface area contributed by atoms with Gasteiger partial charge < -0.3 is 10.6 Å². The minimum Gasteiger partial charge on any atom is -0.326 e. The SMILES string of the molecule is O=C(CC1C(=O)Nc2ccccc21)Nc1cccc(Br)c1. The lowest BCUT2D eigenvalue weighted by Gasteiger charge is -2.09. The van der Waals surface area contributed by atoms with Crippen LogP contribution in [-0.2, 0) is 9.59 Å². The van der Waals surface area contributed by atoms with E-state index in [1.54, 1.807) is 0 Å². The topological polar surface area (TPSA) is 58.2 Å². The molecule has 2 N–H and O–H groups in total. The third kappa shape index (κ3) is 2.97. The molecule has 1 unspecified atom stereocenters. The van der Waals surface area contributed by atoms with Gasteiger partial charge in [-0.1, -0.05) is 40.2 Å². The fourth-order valence-corrected chi connectivity index (χ4v) is 2.84. The molecule has 0 aromatic heterocycles. The van der Waals surface area contributed by atoms with Crippen molar-refractivity contribution in [3.05, 3.63) is 58.6 Å². The fourth-order valence-electron chi connectivity index (χ4n) is 2.44. The summed E-state index contributed by atoms with van der Waals surface area (Å²) in [7, 11) is 0. The van der Waals surface area contributed by atoms with E-state index in [0.29, 0.717) is 5.69 Å². The molecule has 0 radical (unpaired) electrons. The number of nitrogens with one attached hydrogen (secondary N) is 2. The fraction of sp³-hybridized carbons (Fsp3) is 0.125. The first-order valence-corrected chi connectivity index (χ1v) is 7.38. The Morgan fingerprint density at radius 1 is 1.19 bits per heavy atom. The molecule has 2 amide bonds. The second-order valence-corrected chi connectivity index (χ2v) is 5.81. The van der Waals surface area contributed by atoms with Crippen molar-refractivity contribution < 1.29 is 9.59 Å². The molecule has 0 aliphatic carbocycles. The molecule has 0 spiro atoms. The minimum absolute atomic E-state index is 0.124. The first-order valence-electron chi connectivity index (χ1n) is 6.59. The van der Waals surface area contributed by atoms with Crippen molar-refractivity contribution in [2.45, 2.75) is 12.3 Å². The van der Waals surface area contributed by atoms with Gasteiger partial charge in [-0.15, -0.1) is 0 Å². The maximum Gasteiger partial charge on any atom is 0.232 e. The minimum atomic E-state index is -0.423. The standard InChI is InChI=1S/C16H13BrN2O2/c17-10-4-3-5-11(8-10)18-15(20)9-13-12-6-1-2-7-14(12)19-16(13)21/h1-8,13H,9H2,(H,18,20)(H,19,21). The number of benzene rings is 2. The highest BCUT2D eigenvalue weighted by atomic mass is 79.9. The van der Waals surface area contributed by atoms with Crippen molar-refractivity contribution in [2.75, 3.05) is 10.6 Å². The lowest BCUT2D eigenvalue weighted by Crippen LogP contribution is -2.20. The van der Waals surface area contributed by atoms with Gasteiger partial charge >= 0.3 is 0 Å². The highest BCUT2D eigenvalue weighted by Gasteiger charge is 2.31. The Morgan fingerprint density at radius 2 is 2.00 bits per heavy atom. The van der Waals surface area contributed by atoms with Crippen molar-refractivity contribution in [1.82, 2.24) is 0 Å². The predicted molar refractivity (Wildman–Crippen MR) is 85.2 cm³/mol. The average molecular weight is 345 g/mol. The first kappa shape index (κ1) is 13.8. The molecule has 1 heterocycles. The number of rotatable bonds is 3. The van der Waals surface area contributed by atoms with E-state index in [1.165, 1.54) is 0 Å². The van der Waals surface area contributed by atoms with Crippen molar-refractivity contribution >= 4 is 39.1 Å². The number of carbonyl (C=O) groups is 2. The Labute approximate surface area is 130 Å². The Morgan fingerprint density at radius 3 is 2.81 bits per heavy atom. The van der Waals surface area contributed by atoms with Crippen LogP contribution in [0.25, 0.3) is 0 Å². The van der Waals surface area contributed by atoms with Crippen LogP contribution < -0.4 is 10.6 Å². The number of carbonyl (C=O) groups excluding carboxylic acids is 2. The van der Waals surface area contributed by atoms with E-state index in [1.807, 2.05) is 48.5 Å². The lowest BCUT2D eigenvalue weighted by atomic mass is 9.97. The van der Waals surface area contributed by atoms with Gasteiger partial charge in [0.15, 0.2) is 0 Å². The summed E-state index contributed by atoms with van der Waals surface area (Å²) in [4.78, 5) is 24.1. The number of fused-ring (bicyclic) bond motifs is 1. The summed E-state index contributed by atoms with van der Waals surface area (Å²) < 4.78 is 0.893. The molecular formula is C16H13BrN2O2. The highest BCUT2D eigenvalue weighted by Crippen LogP contribution is 2.34. The molecule has 5 heteroatoms. The monoisotopic (exact) mass is 344 g/mol. The Bertz CT molecular complexity index is 715. The van der Waals surface area contributed by atoms with E-state index in [-0.39, 0.29) is 18.2 Å². The van der Waals surface area contributed by atoms with Gasteiger partial charge in [0.1, 0.15) is 0 Å². The quantitative estimate of drug-likeness (QED) is 0.894. The molecule has 3 rings (SSSR count). The maximum atomic E-state index is 12.1. The van der Waals surface area contributed by atoms with Gasteiger partial charge in [-0.3, -0.25) is 9.59 Å². The van der Waals surface area contributed by atoms with Gasteiger partial charge in [0.05, 0.1) is 5.92 Å². The smallest absolute Gasteiger partial charge is 0.232 e. The normalized spacial score (nSPS) is 16.2. The summed E-state index contributed by atoms with van der Waals surface area (Å²) in [6.45, 7) is 0. The summed E-state index contributed by atoms with van der Waals surface area (Å²) in [5, 5.41) is 5.61. The van der Waals surface area contributed by atoms with Crippen molar-refractivity contribution in [3.63, 3.8) is 0 Å². The van der Waals surface area contributed by atoms with E-state index < -0.39 is 5.92 Å². The molecule has 0 saturated carbocycles. The molecule has 1 atom stereocenters. The molecule has 0 saturated heterocycles. The van der Waals surface area contributed by atoms with E-state index in [2.05, 4.69) is 26.6 Å². The summed E-state index contributed by atoms with van der Waals surface area (Å²) in [6.07, 6.45) is 0.134. The number of anilines is 2. The molecule has 2 aromatic rings. The van der Waals surface area contributed by atoms with Crippen LogP contribution >= 0.6 is 15.9 Å². The van der Waals surface area contributed by atoms with Gasteiger partial charge in [-0.25, -0.2) is 0 Å². The second-order valence-electron chi connectivity index (χ2n) is 4.89. The van der Waals surface area contributed by atoms with Crippen molar-refractivity contribution in [3.8, 4) is 0 Å². The summed E-state index contributed by atoms with van der Waals surface area (Å²) >= 11 is 3.36. The zero-order valence-corrected chi connectivity index (χ0v) is 12.7. The van der Waals surface area contributed by atoms with E-state index in [0.717, 1.165) is 15.7 Å². The molecule has 0 bridgehead atoms. The lowest BCUT2D eigenvalue weighted by molar-refractivity contribution is -0.122. The van der Waals surface area contributed by atoms with Gasteiger partial charge in [0.25, 0.3) is 0 Å². The van der Waals surface area contributed by atoms with Gasteiger partial charge in [0.2, 0.25) is 11.8 Å². The van der Waals surface area contributed by atoms with E-state index in [4.69, 9.17) is 0 Å². The van der Waals surface area contributed by atoms with Gasteiger partial charge in [0, 0.05) is 22.3 Å². The summed E-state index contributed by atoms with van der Waals surface area (Å²) in [5.74, 6) is -0.723. The van der Waals surface area contributed by atoms with E-state index in [9.17, 15) is 9.59 Å². The molecule has 21 heavy (non-hydrogen) atoms. The number of hydrogen-bond acceptors (Lipinski definition) is 2. The third-order valence-electron chi connectivity index (χ3n) is 3.41. The van der Waals surface area contributed by atoms with Crippen LogP contribution in [0.2, 0.25) is 0 Å². The molecule has 2 aromatic carbocycles. The van der Waals surface area contributed by atoms with E-state index >= 15 is 0 Å². The zero-order chi connectivity index (χ0) is 14.8. The summed E-state index contributed by atoms with van der Waals surface area (Å²) in [6, 6.07) is 14.8.